The van der Waals surface area contributed by atoms with E-state index in [9.17, 15) is 9.59 Å². The predicted octanol–water partition coefficient (Wildman–Crippen LogP) is 0.766. The van der Waals surface area contributed by atoms with E-state index in [1.807, 2.05) is 30.3 Å². The SMILES string of the molecule is O=C(NCC(=O)N1CCNCC1)c1nc(-c2ccccc2)sc1NCCCO. The first-order valence-electron chi connectivity index (χ1n) is 9.36. The lowest BCUT2D eigenvalue weighted by Crippen LogP contribution is -2.49. The Kier molecular flexibility index (Phi) is 7.35. The molecule has 4 N–H and O–H groups in total. The highest BCUT2D eigenvalue weighted by atomic mass is 32.1. The van der Waals surface area contributed by atoms with Crippen molar-refractivity contribution < 1.29 is 14.7 Å². The van der Waals surface area contributed by atoms with Crippen LogP contribution in [0.5, 0.6) is 0 Å². The van der Waals surface area contributed by atoms with Gasteiger partial charge in [-0.05, 0) is 6.42 Å². The highest BCUT2D eigenvalue weighted by Gasteiger charge is 2.21. The van der Waals surface area contributed by atoms with Crippen LogP contribution in [-0.2, 0) is 4.79 Å². The largest absolute Gasteiger partial charge is 0.396 e. The lowest BCUT2D eigenvalue weighted by molar-refractivity contribution is -0.130. The number of amides is 2. The smallest absolute Gasteiger partial charge is 0.273 e. The van der Waals surface area contributed by atoms with Gasteiger partial charge in [-0.2, -0.15) is 0 Å². The molecule has 0 spiro atoms. The molecule has 3 rings (SSSR count). The van der Waals surface area contributed by atoms with Crippen LogP contribution in [0.3, 0.4) is 0 Å². The minimum Gasteiger partial charge on any atom is -0.396 e. The summed E-state index contributed by atoms with van der Waals surface area (Å²) in [6.45, 7) is 3.39. The molecule has 0 radical (unpaired) electrons. The maximum absolute atomic E-state index is 12.7. The zero-order valence-electron chi connectivity index (χ0n) is 15.6. The van der Waals surface area contributed by atoms with Crippen molar-refractivity contribution in [3.63, 3.8) is 0 Å². The number of piperazine rings is 1. The van der Waals surface area contributed by atoms with Crippen molar-refractivity contribution in [2.45, 2.75) is 6.42 Å². The zero-order valence-corrected chi connectivity index (χ0v) is 16.4. The number of aliphatic hydroxyl groups excluding tert-OH is 1. The molecule has 0 bridgehead atoms. The van der Waals surface area contributed by atoms with E-state index in [4.69, 9.17) is 5.11 Å². The van der Waals surface area contributed by atoms with Crippen molar-refractivity contribution in [2.75, 3.05) is 51.2 Å². The van der Waals surface area contributed by atoms with Gasteiger partial charge in [0.25, 0.3) is 5.91 Å². The fourth-order valence-corrected chi connectivity index (χ4v) is 3.84. The summed E-state index contributed by atoms with van der Waals surface area (Å²) in [7, 11) is 0. The van der Waals surface area contributed by atoms with Gasteiger partial charge in [-0.3, -0.25) is 9.59 Å². The first-order chi connectivity index (χ1) is 13.7. The topological polar surface area (TPSA) is 107 Å². The summed E-state index contributed by atoms with van der Waals surface area (Å²) in [5, 5.41) is 19.4. The predicted molar refractivity (Wildman–Crippen MR) is 110 cm³/mol. The van der Waals surface area contributed by atoms with Gasteiger partial charge in [0.15, 0.2) is 5.69 Å². The van der Waals surface area contributed by atoms with E-state index in [-0.39, 0.29) is 30.7 Å². The minimum atomic E-state index is -0.381. The highest BCUT2D eigenvalue weighted by molar-refractivity contribution is 7.19. The summed E-state index contributed by atoms with van der Waals surface area (Å²) >= 11 is 1.39. The summed E-state index contributed by atoms with van der Waals surface area (Å²) in [5.74, 6) is -0.475. The molecule has 8 nitrogen and oxygen atoms in total. The monoisotopic (exact) mass is 403 g/mol. The average Bonchev–Trinajstić information content (AvgIpc) is 3.17. The van der Waals surface area contributed by atoms with E-state index < -0.39 is 0 Å². The summed E-state index contributed by atoms with van der Waals surface area (Å²) in [5.41, 5.74) is 1.20. The Morgan fingerprint density at radius 1 is 1.21 bits per heavy atom. The van der Waals surface area contributed by atoms with Gasteiger partial charge in [0.1, 0.15) is 10.0 Å². The van der Waals surface area contributed by atoms with Crippen LogP contribution in [0.2, 0.25) is 0 Å². The number of anilines is 1. The quantitative estimate of drug-likeness (QED) is 0.485. The average molecular weight is 404 g/mol. The molecule has 0 unspecified atom stereocenters. The van der Waals surface area contributed by atoms with Crippen molar-refractivity contribution >= 4 is 28.2 Å². The molecule has 0 saturated carbocycles. The number of carbonyl (C=O) groups excluding carboxylic acids is 2. The van der Waals surface area contributed by atoms with Crippen LogP contribution in [0.1, 0.15) is 16.9 Å². The van der Waals surface area contributed by atoms with Crippen molar-refractivity contribution in [2.24, 2.45) is 0 Å². The first kappa shape index (κ1) is 20.2. The maximum atomic E-state index is 12.7. The van der Waals surface area contributed by atoms with E-state index in [2.05, 4.69) is 20.9 Å². The van der Waals surface area contributed by atoms with E-state index in [1.54, 1.807) is 4.90 Å². The Labute approximate surface area is 168 Å². The molecule has 0 atom stereocenters. The summed E-state index contributed by atoms with van der Waals surface area (Å²) in [6, 6.07) is 9.63. The van der Waals surface area contributed by atoms with Gasteiger partial charge in [0.2, 0.25) is 5.91 Å². The molecular formula is C19H25N5O3S. The third-order valence-corrected chi connectivity index (χ3v) is 5.42. The van der Waals surface area contributed by atoms with Crippen LogP contribution >= 0.6 is 11.3 Å². The van der Waals surface area contributed by atoms with Crippen LogP contribution < -0.4 is 16.0 Å². The van der Waals surface area contributed by atoms with E-state index >= 15 is 0 Å². The Morgan fingerprint density at radius 3 is 2.68 bits per heavy atom. The molecule has 1 aliphatic heterocycles. The van der Waals surface area contributed by atoms with E-state index in [0.717, 1.165) is 23.7 Å². The number of benzene rings is 1. The number of carbonyl (C=O) groups is 2. The number of hydrogen-bond acceptors (Lipinski definition) is 7. The van der Waals surface area contributed by atoms with E-state index in [0.29, 0.717) is 31.1 Å². The van der Waals surface area contributed by atoms with Gasteiger partial charge in [-0.25, -0.2) is 4.98 Å². The number of thiazole rings is 1. The maximum Gasteiger partial charge on any atom is 0.273 e. The van der Waals surface area contributed by atoms with Crippen molar-refractivity contribution in [1.82, 2.24) is 20.5 Å². The van der Waals surface area contributed by atoms with Crippen molar-refractivity contribution in [1.29, 1.82) is 0 Å². The van der Waals surface area contributed by atoms with E-state index in [1.165, 1.54) is 11.3 Å². The van der Waals surface area contributed by atoms with Gasteiger partial charge < -0.3 is 26.0 Å². The number of rotatable bonds is 8. The molecule has 150 valence electrons. The number of aromatic nitrogens is 1. The second-order valence-electron chi connectivity index (χ2n) is 6.38. The van der Waals surface area contributed by atoms with Gasteiger partial charge in [0, 0.05) is 44.9 Å². The number of hydrogen-bond donors (Lipinski definition) is 4. The standard InChI is InChI=1S/C19H25N5O3S/c25-12-4-7-21-19-16(23-18(28-19)14-5-2-1-3-6-14)17(27)22-13-15(26)24-10-8-20-9-11-24/h1-3,5-6,20-21,25H,4,7-13H2,(H,22,27). The van der Waals surface area contributed by atoms with Crippen LogP contribution in [0.25, 0.3) is 10.6 Å². The number of nitrogens with one attached hydrogen (secondary N) is 3. The lowest BCUT2D eigenvalue weighted by atomic mass is 10.2. The molecule has 1 fully saturated rings. The van der Waals surface area contributed by atoms with Crippen LogP contribution in [0.4, 0.5) is 5.00 Å². The molecule has 1 aromatic carbocycles. The van der Waals surface area contributed by atoms with Crippen LogP contribution in [0, 0.1) is 0 Å². The third-order valence-electron chi connectivity index (χ3n) is 4.35. The fourth-order valence-electron chi connectivity index (χ4n) is 2.84. The molecule has 2 amide bonds. The normalized spacial score (nSPS) is 14.0. The van der Waals surface area contributed by atoms with Crippen LogP contribution in [-0.4, -0.2) is 72.7 Å². The molecule has 2 heterocycles. The van der Waals surface area contributed by atoms with Gasteiger partial charge in [-0.15, -0.1) is 0 Å². The Balaban J connectivity index is 1.69. The Hall–Kier alpha value is -2.49. The third kappa shape index (κ3) is 5.28. The summed E-state index contributed by atoms with van der Waals surface area (Å²) in [6.07, 6.45) is 0.571. The van der Waals surface area contributed by atoms with Gasteiger partial charge in [-0.1, -0.05) is 41.7 Å². The Bertz CT molecular complexity index is 790. The molecule has 1 aromatic heterocycles. The first-order valence-corrected chi connectivity index (χ1v) is 10.2. The van der Waals surface area contributed by atoms with Gasteiger partial charge in [0.05, 0.1) is 6.54 Å². The highest BCUT2D eigenvalue weighted by Crippen LogP contribution is 2.32. The lowest BCUT2D eigenvalue weighted by Gasteiger charge is -2.27. The number of aliphatic hydroxyl groups is 1. The fraction of sp³-hybridized carbons (Fsp3) is 0.421. The molecule has 9 heteroatoms. The molecule has 2 aromatic rings. The van der Waals surface area contributed by atoms with Crippen molar-refractivity contribution in [3.8, 4) is 10.6 Å². The summed E-state index contributed by atoms with van der Waals surface area (Å²) in [4.78, 5) is 31.2. The Morgan fingerprint density at radius 2 is 1.96 bits per heavy atom. The minimum absolute atomic E-state index is 0.0485. The zero-order chi connectivity index (χ0) is 19.8. The molecule has 1 saturated heterocycles. The summed E-state index contributed by atoms with van der Waals surface area (Å²) < 4.78 is 0. The van der Waals surface area contributed by atoms with Crippen molar-refractivity contribution in [3.05, 3.63) is 36.0 Å². The van der Waals surface area contributed by atoms with Gasteiger partial charge >= 0.3 is 0 Å². The number of nitrogens with zero attached hydrogens (tertiary/aromatic N) is 2. The second-order valence-corrected chi connectivity index (χ2v) is 7.38. The molecule has 28 heavy (non-hydrogen) atoms. The molecule has 1 aliphatic rings. The molecule has 0 aliphatic carbocycles. The van der Waals surface area contributed by atoms with Crippen LogP contribution in [0.15, 0.2) is 30.3 Å². The molecular weight excluding hydrogens is 378 g/mol. The second kappa shape index (κ2) is 10.2.